The summed E-state index contributed by atoms with van der Waals surface area (Å²) in [5, 5.41) is 5.87. The number of nitrogens with zero attached hydrogens (tertiary/aromatic N) is 1. The van der Waals surface area contributed by atoms with Crippen molar-refractivity contribution in [2.24, 2.45) is 0 Å². The number of carbonyl (C=O) groups excluding carboxylic acids is 2. The van der Waals surface area contributed by atoms with Crippen LogP contribution in [0, 0.1) is 0 Å². The molecular weight excluding hydrogens is 258 g/mol. The highest BCUT2D eigenvalue weighted by Crippen LogP contribution is 2.19. The van der Waals surface area contributed by atoms with Crippen LogP contribution in [-0.4, -0.2) is 47.7 Å². The van der Waals surface area contributed by atoms with Crippen LogP contribution in [0.2, 0.25) is 0 Å². The Morgan fingerprint density at radius 1 is 1.40 bits per heavy atom. The number of nitrogens with one attached hydrogen (secondary N) is 2. The number of hydrogen-bond donors (Lipinski definition) is 2. The molecule has 2 N–H and O–H groups in total. The molecule has 1 atom stereocenters. The van der Waals surface area contributed by atoms with Gasteiger partial charge in [0.05, 0.1) is 0 Å². The maximum Gasteiger partial charge on any atom is 0.408 e. The zero-order valence-electron chi connectivity index (χ0n) is 12.3. The van der Waals surface area contributed by atoms with Crippen molar-refractivity contribution in [3.05, 3.63) is 12.3 Å². The molecule has 1 saturated heterocycles. The number of amides is 2. The Hall–Kier alpha value is -1.56. The van der Waals surface area contributed by atoms with Crippen LogP contribution in [-0.2, 0) is 9.53 Å². The SMILES string of the molecule is CC(C)(C)OC(=O)NC1C=CN(C2CCNCC2)C1=O. The van der Waals surface area contributed by atoms with Crippen molar-refractivity contribution in [3.8, 4) is 0 Å². The molecule has 0 aromatic heterocycles. The normalized spacial score (nSPS) is 24.1. The van der Waals surface area contributed by atoms with E-state index in [1.54, 1.807) is 37.9 Å². The molecule has 0 bridgehead atoms. The molecule has 2 heterocycles. The summed E-state index contributed by atoms with van der Waals surface area (Å²) in [7, 11) is 0. The summed E-state index contributed by atoms with van der Waals surface area (Å²) in [5.41, 5.74) is -0.565. The van der Waals surface area contributed by atoms with Gasteiger partial charge in [-0.2, -0.15) is 0 Å². The molecule has 2 amide bonds. The molecular formula is C14H23N3O3. The predicted octanol–water partition coefficient (Wildman–Crippen LogP) is 0.988. The second kappa shape index (κ2) is 5.83. The fourth-order valence-corrected chi connectivity index (χ4v) is 2.43. The first-order valence-electron chi connectivity index (χ1n) is 7.07. The molecule has 1 fully saturated rings. The molecule has 2 aliphatic rings. The van der Waals surface area contributed by atoms with Gasteiger partial charge < -0.3 is 20.3 Å². The number of carbonyl (C=O) groups is 2. The van der Waals surface area contributed by atoms with Gasteiger partial charge in [0.15, 0.2) is 0 Å². The zero-order valence-corrected chi connectivity index (χ0v) is 12.3. The van der Waals surface area contributed by atoms with Crippen LogP contribution in [0.3, 0.4) is 0 Å². The summed E-state index contributed by atoms with van der Waals surface area (Å²) in [6, 6.07) is -0.384. The standard InChI is InChI=1S/C14H23N3O3/c1-14(2,3)20-13(19)16-11-6-9-17(12(11)18)10-4-7-15-8-5-10/h6,9-11,15H,4-5,7-8H2,1-3H3,(H,16,19). The summed E-state index contributed by atoms with van der Waals surface area (Å²) >= 11 is 0. The predicted molar refractivity (Wildman–Crippen MR) is 75.0 cm³/mol. The number of rotatable bonds is 2. The topological polar surface area (TPSA) is 70.7 Å². The fraction of sp³-hybridized carbons (Fsp3) is 0.714. The first-order valence-corrected chi connectivity index (χ1v) is 7.07. The quantitative estimate of drug-likeness (QED) is 0.792. The average molecular weight is 281 g/mol. The Kier molecular flexibility index (Phi) is 4.32. The van der Waals surface area contributed by atoms with E-state index in [4.69, 9.17) is 4.74 Å². The third kappa shape index (κ3) is 3.72. The van der Waals surface area contributed by atoms with E-state index < -0.39 is 17.7 Å². The Morgan fingerprint density at radius 2 is 2.05 bits per heavy atom. The highest BCUT2D eigenvalue weighted by atomic mass is 16.6. The van der Waals surface area contributed by atoms with Gasteiger partial charge in [-0.15, -0.1) is 0 Å². The highest BCUT2D eigenvalue weighted by Gasteiger charge is 2.34. The maximum absolute atomic E-state index is 12.3. The van der Waals surface area contributed by atoms with E-state index >= 15 is 0 Å². The van der Waals surface area contributed by atoms with Crippen LogP contribution in [0.1, 0.15) is 33.6 Å². The summed E-state index contributed by atoms with van der Waals surface area (Å²) in [6.07, 6.45) is 4.81. The Morgan fingerprint density at radius 3 is 2.65 bits per heavy atom. The fourth-order valence-electron chi connectivity index (χ4n) is 2.43. The minimum Gasteiger partial charge on any atom is -0.444 e. The maximum atomic E-state index is 12.3. The minimum absolute atomic E-state index is 0.0808. The van der Waals surface area contributed by atoms with Crippen molar-refractivity contribution in [3.63, 3.8) is 0 Å². The summed E-state index contributed by atoms with van der Waals surface area (Å²) in [5.74, 6) is -0.0808. The number of piperidine rings is 1. The van der Waals surface area contributed by atoms with E-state index in [0.29, 0.717) is 0 Å². The van der Waals surface area contributed by atoms with Crippen molar-refractivity contribution >= 4 is 12.0 Å². The monoisotopic (exact) mass is 281 g/mol. The molecule has 0 saturated carbocycles. The van der Waals surface area contributed by atoms with Crippen LogP contribution >= 0.6 is 0 Å². The molecule has 2 rings (SSSR count). The van der Waals surface area contributed by atoms with Crippen LogP contribution in [0.4, 0.5) is 4.79 Å². The minimum atomic E-state index is -0.611. The number of alkyl carbamates (subject to hydrolysis) is 1. The van der Waals surface area contributed by atoms with E-state index in [2.05, 4.69) is 10.6 Å². The van der Waals surface area contributed by atoms with Crippen molar-refractivity contribution in [2.75, 3.05) is 13.1 Å². The molecule has 2 aliphatic heterocycles. The van der Waals surface area contributed by atoms with E-state index in [9.17, 15) is 9.59 Å². The third-order valence-corrected chi connectivity index (χ3v) is 3.33. The van der Waals surface area contributed by atoms with Crippen molar-refractivity contribution < 1.29 is 14.3 Å². The Bertz CT molecular complexity index is 408. The van der Waals surface area contributed by atoms with E-state index in [1.807, 2.05) is 0 Å². The number of ether oxygens (including phenoxy) is 1. The summed E-state index contributed by atoms with van der Waals surface area (Å²) in [6.45, 7) is 7.22. The van der Waals surface area contributed by atoms with Crippen LogP contribution in [0.5, 0.6) is 0 Å². The Balaban J connectivity index is 1.88. The van der Waals surface area contributed by atoms with Crippen LogP contribution in [0.25, 0.3) is 0 Å². The van der Waals surface area contributed by atoms with Crippen molar-refractivity contribution in [2.45, 2.75) is 51.3 Å². The molecule has 1 unspecified atom stereocenters. The van der Waals surface area contributed by atoms with Gasteiger partial charge in [0.1, 0.15) is 11.6 Å². The molecule has 0 spiro atoms. The molecule has 6 nitrogen and oxygen atoms in total. The molecule has 0 aromatic rings. The summed E-state index contributed by atoms with van der Waals surface area (Å²) in [4.78, 5) is 25.7. The van der Waals surface area contributed by atoms with Gasteiger partial charge in [-0.1, -0.05) is 0 Å². The molecule has 112 valence electrons. The van der Waals surface area contributed by atoms with Crippen LogP contribution < -0.4 is 10.6 Å². The van der Waals surface area contributed by atoms with E-state index in [0.717, 1.165) is 25.9 Å². The van der Waals surface area contributed by atoms with Gasteiger partial charge in [-0.05, 0) is 52.8 Å². The van der Waals surface area contributed by atoms with Gasteiger partial charge >= 0.3 is 6.09 Å². The smallest absolute Gasteiger partial charge is 0.408 e. The summed E-state index contributed by atoms with van der Waals surface area (Å²) < 4.78 is 5.16. The lowest BCUT2D eigenvalue weighted by Gasteiger charge is -2.31. The lowest BCUT2D eigenvalue weighted by atomic mass is 10.1. The second-order valence-electron chi connectivity index (χ2n) is 6.19. The van der Waals surface area contributed by atoms with Gasteiger partial charge in [-0.25, -0.2) is 4.79 Å². The average Bonchev–Trinajstić information content (AvgIpc) is 2.70. The van der Waals surface area contributed by atoms with Gasteiger partial charge in [0, 0.05) is 12.2 Å². The van der Waals surface area contributed by atoms with Gasteiger partial charge in [0.2, 0.25) is 0 Å². The van der Waals surface area contributed by atoms with Crippen molar-refractivity contribution in [1.82, 2.24) is 15.5 Å². The van der Waals surface area contributed by atoms with Crippen molar-refractivity contribution in [1.29, 1.82) is 0 Å². The molecule has 0 radical (unpaired) electrons. The lowest BCUT2D eigenvalue weighted by Crippen LogP contribution is -2.48. The molecule has 0 aliphatic carbocycles. The first-order chi connectivity index (χ1) is 9.37. The Labute approximate surface area is 119 Å². The van der Waals surface area contributed by atoms with Crippen LogP contribution in [0.15, 0.2) is 12.3 Å². The second-order valence-corrected chi connectivity index (χ2v) is 6.19. The lowest BCUT2D eigenvalue weighted by molar-refractivity contribution is -0.130. The van der Waals surface area contributed by atoms with E-state index in [1.165, 1.54) is 0 Å². The third-order valence-electron chi connectivity index (χ3n) is 3.33. The van der Waals surface area contributed by atoms with Gasteiger partial charge in [-0.3, -0.25) is 4.79 Å². The molecule has 0 aromatic carbocycles. The number of hydrogen-bond acceptors (Lipinski definition) is 4. The molecule has 20 heavy (non-hydrogen) atoms. The zero-order chi connectivity index (χ0) is 14.8. The first kappa shape index (κ1) is 14.8. The van der Waals surface area contributed by atoms with E-state index in [-0.39, 0.29) is 11.9 Å². The van der Waals surface area contributed by atoms with Gasteiger partial charge in [0.25, 0.3) is 5.91 Å². The largest absolute Gasteiger partial charge is 0.444 e. The molecule has 6 heteroatoms. The highest BCUT2D eigenvalue weighted by molar-refractivity contribution is 5.90.